The molecule has 4 nitrogen and oxygen atoms in total. The van der Waals surface area contributed by atoms with E-state index in [-0.39, 0.29) is 22.8 Å². The van der Waals surface area contributed by atoms with Crippen molar-refractivity contribution in [2.45, 2.75) is 37.1 Å². The molecule has 1 saturated heterocycles. The summed E-state index contributed by atoms with van der Waals surface area (Å²) < 4.78 is 31.2. The largest absolute Gasteiger partial charge is 0.392 e. The third kappa shape index (κ3) is 3.90. The third-order valence-electron chi connectivity index (χ3n) is 4.19. The zero-order valence-corrected chi connectivity index (χ0v) is 15.6. The molecule has 6 heteroatoms. The Bertz CT molecular complexity index is 612. The molecule has 122 valence electrons. The van der Waals surface area contributed by atoms with Crippen molar-refractivity contribution in [3.63, 3.8) is 0 Å². The van der Waals surface area contributed by atoms with Gasteiger partial charge in [-0.15, -0.1) is 0 Å². The average molecular weight is 436 g/mol. The van der Waals surface area contributed by atoms with Crippen molar-refractivity contribution in [2.24, 2.45) is 11.8 Å². The van der Waals surface area contributed by atoms with Crippen molar-refractivity contribution in [3.8, 4) is 0 Å². The highest BCUT2D eigenvalue weighted by Gasteiger charge is 2.39. The van der Waals surface area contributed by atoms with E-state index in [1.807, 2.05) is 13.8 Å². The van der Waals surface area contributed by atoms with Gasteiger partial charge in [0.1, 0.15) is 0 Å². The fraction of sp³-hybridized carbons (Fsp3) is 0.500. The Hall–Kier alpha value is -0.440. The minimum absolute atomic E-state index is 0.0438. The standard InChI is InChI=1S/C16H21IO4S/c1-11-14(21-15(10-17)12(2)16(11)18)8-9-22(19,20)13-6-4-3-5-7-13/h3-9,11-12,14-16,18H,10H2,1-2H3/b9-8+/t11-,12+,14+,15-,16-/m1/s1. The van der Waals surface area contributed by atoms with Crippen molar-refractivity contribution < 1.29 is 18.3 Å². The highest BCUT2D eigenvalue weighted by molar-refractivity contribution is 14.1. The molecule has 0 unspecified atom stereocenters. The second-order valence-corrected chi connectivity index (χ2v) is 8.40. The van der Waals surface area contributed by atoms with E-state index in [9.17, 15) is 13.5 Å². The number of sulfone groups is 1. The van der Waals surface area contributed by atoms with Gasteiger partial charge in [-0.2, -0.15) is 0 Å². The fourth-order valence-electron chi connectivity index (χ4n) is 2.61. The van der Waals surface area contributed by atoms with Gasteiger partial charge >= 0.3 is 0 Å². The second-order valence-electron chi connectivity index (χ2n) is 5.69. The molecule has 0 aromatic heterocycles. The minimum atomic E-state index is -3.48. The number of hydrogen-bond acceptors (Lipinski definition) is 4. The molecule has 1 heterocycles. The van der Waals surface area contributed by atoms with Gasteiger partial charge in [-0.05, 0) is 18.2 Å². The molecule has 0 radical (unpaired) electrons. The van der Waals surface area contributed by atoms with E-state index < -0.39 is 22.0 Å². The van der Waals surface area contributed by atoms with Crippen molar-refractivity contribution in [1.82, 2.24) is 0 Å². The molecule has 0 bridgehead atoms. The number of alkyl halides is 1. The Morgan fingerprint density at radius 2 is 1.86 bits per heavy atom. The molecule has 0 saturated carbocycles. The molecule has 5 atom stereocenters. The van der Waals surface area contributed by atoms with E-state index in [4.69, 9.17) is 4.74 Å². The minimum Gasteiger partial charge on any atom is -0.392 e. The van der Waals surface area contributed by atoms with Gasteiger partial charge in [0, 0.05) is 21.7 Å². The lowest BCUT2D eigenvalue weighted by molar-refractivity contribution is -0.136. The molecule has 1 N–H and O–H groups in total. The summed E-state index contributed by atoms with van der Waals surface area (Å²) in [5.74, 6) is -0.0984. The van der Waals surface area contributed by atoms with Crippen LogP contribution >= 0.6 is 22.6 Å². The topological polar surface area (TPSA) is 63.6 Å². The van der Waals surface area contributed by atoms with Crippen LogP contribution in [-0.2, 0) is 14.6 Å². The Labute approximate surface area is 145 Å². The first-order valence-electron chi connectivity index (χ1n) is 7.24. The molecule has 1 aliphatic rings. The zero-order valence-electron chi connectivity index (χ0n) is 12.6. The van der Waals surface area contributed by atoms with Gasteiger partial charge in [0.25, 0.3) is 0 Å². The van der Waals surface area contributed by atoms with Gasteiger partial charge in [-0.25, -0.2) is 8.42 Å². The molecule has 22 heavy (non-hydrogen) atoms. The van der Waals surface area contributed by atoms with Crippen molar-refractivity contribution >= 4 is 32.4 Å². The van der Waals surface area contributed by atoms with Crippen LogP contribution in [0, 0.1) is 11.8 Å². The summed E-state index contributed by atoms with van der Waals surface area (Å²) in [4.78, 5) is 0.258. The van der Waals surface area contributed by atoms with Crippen molar-refractivity contribution in [3.05, 3.63) is 41.8 Å². The highest BCUT2D eigenvalue weighted by atomic mass is 127. The van der Waals surface area contributed by atoms with E-state index in [1.54, 1.807) is 36.4 Å². The summed E-state index contributed by atoms with van der Waals surface area (Å²) >= 11 is 2.22. The van der Waals surface area contributed by atoms with Crippen molar-refractivity contribution in [2.75, 3.05) is 4.43 Å². The molecule has 1 aliphatic heterocycles. The summed E-state index contributed by atoms with van der Waals surface area (Å²) in [5.41, 5.74) is 0. The lowest BCUT2D eigenvalue weighted by atomic mass is 9.83. The number of aliphatic hydroxyl groups excluding tert-OH is 1. The van der Waals surface area contributed by atoms with Crippen LogP contribution in [0.2, 0.25) is 0 Å². The summed E-state index contributed by atoms with van der Waals surface area (Å²) in [6, 6.07) is 8.29. The molecular formula is C16H21IO4S. The van der Waals surface area contributed by atoms with Crippen LogP contribution in [0.1, 0.15) is 13.8 Å². The monoisotopic (exact) mass is 436 g/mol. The van der Waals surface area contributed by atoms with E-state index in [2.05, 4.69) is 22.6 Å². The summed E-state index contributed by atoms with van der Waals surface area (Å²) in [7, 11) is -3.48. The molecule has 1 aromatic rings. The van der Waals surface area contributed by atoms with Crippen LogP contribution in [0.5, 0.6) is 0 Å². The number of benzene rings is 1. The zero-order chi connectivity index (χ0) is 16.3. The van der Waals surface area contributed by atoms with E-state index in [1.165, 1.54) is 5.41 Å². The highest BCUT2D eigenvalue weighted by Crippen LogP contribution is 2.32. The summed E-state index contributed by atoms with van der Waals surface area (Å²) in [6.45, 7) is 3.85. The van der Waals surface area contributed by atoms with Crippen LogP contribution in [0.4, 0.5) is 0 Å². The maximum absolute atomic E-state index is 12.3. The maximum Gasteiger partial charge on any atom is 0.199 e. The molecule has 1 fully saturated rings. The molecule has 0 amide bonds. The number of aliphatic hydroxyl groups is 1. The van der Waals surface area contributed by atoms with Crippen LogP contribution in [0.25, 0.3) is 0 Å². The number of halogens is 1. The Morgan fingerprint density at radius 1 is 1.23 bits per heavy atom. The number of ether oxygens (including phenoxy) is 1. The number of rotatable bonds is 4. The smallest absolute Gasteiger partial charge is 0.199 e. The van der Waals surface area contributed by atoms with Crippen molar-refractivity contribution in [1.29, 1.82) is 0 Å². The maximum atomic E-state index is 12.3. The van der Waals surface area contributed by atoms with Gasteiger partial charge in [-0.3, -0.25) is 0 Å². The van der Waals surface area contributed by atoms with Crippen LogP contribution < -0.4 is 0 Å². The van der Waals surface area contributed by atoms with Gasteiger partial charge in [0.05, 0.1) is 23.2 Å². The predicted molar refractivity (Wildman–Crippen MR) is 94.7 cm³/mol. The van der Waals surface area contributed by atoms with Gasteiger partial charge in [-0.1, -0.05) is 54.6 Å². The Morgan fingerprint density at radius 3 is 2.45 bits per heavy atom. The molecule has 0 spiro atoms. The second kappa shape index (κ2) is 7.42. The molecule has 2 rings (SSSR count). The average Bonchev–Trinajstić information content (AvgIpc) is 2.53. The van der Waals surface area contributed by atoms with Crippen LogP contribution in [0.15, 0.2) is 46.7 Å². The lowest BCUT2D eigenvalue weighted by Gasteiger charge is -2.41. The number of hydrogen-bond donors (Lipinski definition) is 1. The van der Waals surface area contributed by atoms with Gasteiger partial charge in [0.2, 0.25) is 0 Å². The Balaban J connectivity index is 2.18. The first-order chi connectivity index (χ1) is 10.4. The quantitative estimate of drug-likeness (QED) is 0.583. The van der Waals surface area contributed by atoms with Gasteiger partial charge in [0.15, 0.2) is 9.84 Å². The SMILES string of the molecule is C[C@@H]1[C@H](O)[C@H](C)[C@H](/C=C/S(=O)(=O)c2ccccc2)O[C@@H]1CI. The van der Waals surface area contributed by atoms with Crippen LogP contribution in [-0.4, -0.2) is 36.3 Å². The third-order valence-corrected chi connectivity index (χ3v) is 6.50. The normalized spacial score (nSPS) is 33.2. The lowest BCUT2D eigenvalue weighted by Crippen LogP contribution is -2.48. The Kier molecular flexibility index (Phi) is 6.04. The van der Waals surface area contributed by atoms with Gasteiger partial charge < -0.3 is 9.84 Å². The summed E-state index contributed by atoms with van der Waals surface area (Å²) in [6.07, 6.45) is 0.592. The molecule has 0 aliphatic carbocycles. The van der Waals surface area contributed by atoms with E-state index >= 15 is 0 Å². The summed E-state index contributed by atoms with van der Waals surface area (Å²) in [5, 5.41) is 11.5. The first kappa shape index (κ1) is 17.9. The fourth-order valence-corrected chi connectivity index (χ4v) is 4.67. The molecule has 1 aromatic carbocycles. The molecular weight excluding hydrogens is 415 g/mol. The first-order valence-corrected chi connectivity index (χ1v) is 10.3. The van der Waals surface area contributed by atoms with E-state index in [0.29, 0.717) is 0 Å². The van der Waals surface area contributed by atoms with Crippen LogP contribution in [0.3, 0.4) is 0 Å². The van der Waals surface area contributed by atoms with E-state index in [0.717, 1.165) is 4.43 Å². The predicted octanol–water partition coefficient (Wildman–Crippen LogP) is 2.81.